The minimum absolute atomic E-state index is 0.103. The Balaban J connectivity index is 2.39. The first-order chi connectivity index (χ1) is 7.98. The lowest BCUT2D eigenvalue weighted by Gasteiger charge is -2.41. The summed E-state index contributed by atoms with van der Waals surface area (Å²) in [5.41, 5.74) is -0.499. The van der Waals surface area contributed by atoms with E-state index in [0.717, 1.165) is 12.8 Å². The normalized spacial score (nSPS) is 24.3. The summed E-state index contributed by atoms with van der Waals surface area (Å²) >= 11 is 0. The second kappa shape index (κ2) is 5.07. The summed E-state index contributed by atoms with van der Waals surface area (Å²) in [5.74, 6) is 0.390. The van der Waals surface area contributed by atoms with E-state index < -0.39 is 15.4 Å². The number of hydrogen-bond acceptors (Lipinski definition) is 4. The Hall–Kier alpha value is -0.780. The fourth-order valence-corrected chi connectivity index (χ4v) is 3.19. The molecule has 0 unspecified atom stereocenters. The molecule has 1 fully saturated rings. The van der Waals surface area contributed by atoms with Gasteiger partial charge in [-0.1, -0.05) is 0 Å². The van der Waals surface area contributed by atoms with Crippen LogP contribution in [0.2, 0.25) is 0 Å². The summed E-state index contributed by atoms with van der Waals surface area (Å²) in [6.45, 7) is 5.48. The van der Waals surface area contributed by atoms with Crippen LogP contribution in [0.15, 0.2) is 0 Å². The molecule has 0 aromatic heterocycles. The van der Waals surface area contributed by atoms with Gasteiger partial charge in [0.15, 0.2) is 0 Å². The molecular weight excluding hydrogens is 254 g/mol. The van der Waals surface area contributed by atoms with Gasteiger partial charge < -0.3 is 9.64 Å². The molecular formula is C12H23NO4S. The van der Waals surface area contributed by atoms with Crippen LogP contribution in [-0.4, -0.2) is 50.1 Å². The van der Waals surface area contributed by atoms with Crippen LogP contribution < -0.4 is 0 Å². The minimum atomic E-state index is -2.92. The SMILES string of the molecule is CN(C(=O)OC(C)(C)C)C1CC(CS(C)(=O)=O)C1. The van der Waals surface area contributed by atoms with Crippen molar-refractivity contribution in [2.45, 2.75) is 45.3 Å². The molecule has 0 aromatic rings. The molecule has 0 N–H and O–H groups in total. The molecule has 106 valence electrons. The molecule has 0 radical (unpaired) electrons. The number of sulfone groups is 1. The maximum Gasteiger partial charge on any atom is 0.410 e. The van der Waals surface area contributed by atoms with Crippen LogP contribution in [0.1, 0.15) is 33.6 Å². The summed E-state index contributed by atoms with van der Waals surface area (Å²) in [6.07, 6.45) is 2.38. The van der Waals surface area contributed by atoms with Gasteiger partial charge in [0.2, 0.25) is 0 Å². The second-order valence-electron chi connectivity index (χ2n) is 6.17. The van der Waals surface area contributed by atoms with Gasteiger partial charge in [0, 0.05) is 19.3 Å². The summed E-state index contributed by atoms with van der Waals surface area (Å²) in [6, 6.07) is 0.103. The average molecular weight is 277 g/mol. The zero-order chi connectivity index (χ0) is 14.1. The van der Waals surface area contributed by atoms with Crippen LogP contribution in [-0.2, 0) is 14.6 Å². The van der Waals surface area contributed by atoms with E-state index in [0.29, 0.717) is 0 Å². The second-order valence-corrected chi connectivity index (χ2v) is 8.36. The van der Waals surface area contributed by atoms with Gasteiger partial charge in [0.1, 0.15) is 15.4 Å². The highest BCUT2D eigenvalue weighted by Gasteiger charge is 2.37. The van der Waals surface area contributed by atoms with Crippen LogP contribution in [0.5, 0.6) is 0 Å². The Kier molecular flexibility index (Phi) is 4.30. The largest absolute Gasteiger partial charge is 0.444 e. The lowest BCUT2D eigenvalue weighted by Crippen LogP contribution is -2.48. The van der Waals surface area contributed by atoms with E-state index in [-0.39, 0.29) is 23.8 Å². The fraction of sp³-hybridized carbons (Fsp3) is 0.917. The molecule has 1 aliphatic rings. The Morgan fingerprint density at radius 3 is 2.22 bits per heavy atom. The van der Waals surface area contributed by atoms with Crippen LogP contribution >= 0.6 is 0 Å². The maximum atomic E-state index is 11.8. The standard InChI is InChI=1S/C12H23NO4S/c1-12(2,3)17-11(14)13(4)10-6-9(7-10)8-18(5,15)16/h9-10H,6-8H2,1-5H3. The molecule has 0 atom stereocenters. The summed E-state index contributed by atoms with van der Waals surface area (Å²) in [5, 5.41) is 0. The van der Waals surface area contributed by atoms with E-state index in [9.17, 15) is 13.2 Å². The predicted octanol–water partition coefficient (Wildman–Crippen LogP) is 1.68. The number of ether oxygens (including phenoxy) is 1. The minimum Gasteiger partial charge on any atom is -0.444 e. The van der Waals surface area contributed by atoms with Gasteiger partial charge in [-0.3, -0.25) is 0 Å². The van der Waals surface area contributed by atoms with Crippen LogP contribution in [0.3, 0.4) is 0 Å². The zero-order valence-corrected chi connectivity index (χ0v) is 12.6. The summed E-state index contributed by atoms with van der Waals surface area (Å²) < 4.78 is 27.5. The molecule has 1 amide bonds. The van der Waals surface area contributed by atoms with Gasteiger partial charge in [-0.25, -0.2) is 13.2 Å². The molecule has 18 heavy (non-hydrogen) atoms. The molecule has 0 aromatic carbocycles. The summed E-state index contributed by atoms with van der Waals surface area (Å²) in [4.78, 5) is 13.3. The highest BCUT2D eigenvalue weighted by atomic mass is 32.2. The van der Waals surface area contributed by atoms with Gasteiger partial charge in [-0.2, -0.15) is 0 Å². The van der Waals surface area contributed by atoms with Crippen LogP contribution in [0.4, 0.5) is 4.79 Å². The highest BCUT2D eigenvalue weighted by Crippen LogP contribution is 2.32. The Morgan fingerprint density at radius 2 is 1.83 bits per heavy atom. The van der Waals surface area contributed by atoms with Gasteiger partial charge in [-0.15, -0.1) is 0 Å². The van der Waals surface area contributed by atoms with Gasteiger partial charge in [0.05, 0.1) is 5.75 Å². The van der Waals surface area contributed by atoms with Crippen molar-refractivity contribution in [3.8, 4) is 0 Å². The van der Waals surface area contributed by atoms with E-state index in [1.54, 1.807) is 11.9 Å². The van der Waals surface area contributed by atoms with E-state index >= 15 is 0 Å². The molecule has 0 aliphatic heterocycles. The monoisotopic (exact) mass is 277 g/mol. The number of amides is 1. The lowest BCUT2D eigenvalue weighted by molar-refractivity contribution is 0.00841. The van der Waals surface area contributed by atoms with E-state index in [2.05, 4.69) is 0 Å². The number of carbonyl (C=O) groups is 1. The first-order valence-corrected chi connectivity index (χ1v) is 8.17. The number of rotatable bonds is 3. The third-order valence-electron chi connectivity index (χ3n) is 2.98. The smallest absolute Gasteiger partial charge is 0.410 e. The van der Waals surface area contributed by atoms with Gasteiger partial charge in [-0.05, 0) is 39.5 Å². The van der Waals surface area contributed by atoms with Crippen molar-refractivity contribution in [2.24, 2.45) is 5.92 Å². The highest BCUT2D eigenvalue weighted by molar-refractivity contribution is 7.90. The first kappa shape index (κ1) is 15.3. The Labute approximate surface area is 109 Å². The van der Waals surface area contributed by atoms with Crippen molar-refractivity contribution in [1.82, 2.24) is 4.90 Å². The van der Waals surface area contributed by atoms with Crippen LogP contribution in [0.25, 0.3) is 0 Å². The average Bonchev–Trinajstić information content (AvgIpc) is 2.04. The Bertz CT molecular complexity index is 404. The molecule has 0 spiro atoms. The molecule has 0 heterocycles. The first-order valence-electron chi connectivity index (χ1n) is 6.11. The fourth-order valence-electron chi connectivity index (χ4n) is 2.06. The zero-order valence-electron chi connectivity index (χ0n) is 11.8. The third-order valence-corrected chi connectivity index (χ3v) is 4.06. The van der Waals surface area contributed by atoms with Gasteiger partial charge >= 0.3 is 6.09 Å². The molecule has 1 aliphatic carbocycles. The molecule has 0 saturated heterocycles. The van der Waals surface area contributed by atoms with Crippen molar-refractivity contribution in [2.75, 3.05) is 19.1 Å². The number of carbonyl (C=O) groups excluding carboxylic acids is 1. The predicted molar refractivity (Wildman–Crippen MR) is 70.2 cm³/mol. The molecule has 5 nitrogen and oxygen atoms in total. The van der Waals surface area contributed by atoms with Crippen molar-refractivity contribution >= 4 is 15.9 Å². The van der Waals surface area contributed by atoms with Crippen molar-refractivity contribution in [3.63, 3.8) is 0 Å². The van der Waals surface area contributed by atoms with Gasteiger partial charge in [0.25, 0.3) is 0 Å². The Morgan fingerprint density at radius 1 is 1.33 bits per heavy atom. The number of nitrogens with zero attached hydrogens (tertiary/aromatic N) is 1. The maximum absolute atomic E-state index is 11.8. The topological polar surface area (TPSA) is 63.7 Å². The van der Waals surface area contributed by atoms with E-state index in [1.807, 2.05) is 20.8 Å². The van der Waals surface area contributed by atoms with Crippen molar-refractivity contribution in [3.05, 3.63) is 0 Å². The molecule has 6 heteroatoms. The molecule has 1 rings (SSSR count). The van der Waals surface area contributed by atoms with E-state index in [1.165, 1.54) is 6.26 Å². The number of hydrogen-bond donors (Lipinski definition) is 0. The lowest BCUT2D eigenvalue weighted by atomic mass is 9.81. The van der Waals surface area contributed by atoms with Crippen LogP contribution in [0, 0.1) is 5.92 Å². The molecule has 1 saturated carbocycles. The molecule has 0 bridgehead atoms. The summed E-state index contributed by atoms with van der Waals surface area (Å²) in [7, 11) is -1.21. The van der Waals surface area contributed by atoms with E-state index in [4.69, 9.17) is 4.74 Å². The third kappa shape index (κ3) is 4.84. The van der Waals surface area contributed by atoms with Crippen molar-refractivity contribution < 1.29 is 17.9 Å². The van der Waals surface area contributed by atoms with Crippen molar-refractivity contribution in [1.29, 1.82) is 0 Å². The quantitative estimate of drug-likeness (QED) is 0.787.